The van der Waals surface area contributed by atoms with E-state index in [9.17, 15) is 36.5 Å². The van der Waals surface area contributed by atoms with E-state index >= 15 is 0 Å². The second-order valence-electron chi connectivity index (χ2n) is 6.00. The smallest absolute Gasteiger partial charge is 0.495 e. The number of halogens is 3. The highest BCUT2D eigenvalue weighted by atomic mass is 32.2. The number of nitro groups is 1. The number of benzene rings is 2. The SMILES string of the molecule is COc1ccc([N+](=O)[O-])cc1N(CC(=O)Nc1ccc(OC(F)(F)F)cc1)S(C)(=O)=O. The van der Waals surface area contributed by atoms with Gasteiger partial charge < -0.3 is 14.8 Å². The molecular weight excluding hydrogens is 447 g/mol. The number of methoxy groups -OCH3 is 1. The summed E-state index contributed by atoms with van der Waals surface area (Å²) in [5.41, 5.74) is -0.590. The van der Waals surface area contributed by atoms with Gasteiger partial charge >= 0.3 is 6.36 Å². The van der Waals surface area contributed by atoms with Crippen molar-refractivity contribution < 1.29 is 40.8 Å². The summed E-state index contributed by atoms with van der Waals surface area (Å²) in [6, 6.07) is 7.39. The Morgan fingerprint density at radius 3 is 2.29 bits per heavy atom. The molecule has 0 aliphatic carbocycles. The Labute approximate surface area is 174 Å². The molecule has 0 saturated carbocycles. The van der Waals surface area contributed by atoms with Gasteiger partial charge in [-0.2, -0.15) is 0 Å². The highest BCUT2D eigenvalue weighted by Crippen LogP contribution is 2.33. The maximum absolute atomic E-state index is 12.4. The topological polar surface area (TPSA) is 128 Å². The normalized spacial score (nSPS) is 11.5. The van der Waals surface area contributed by atoms with Crippen LogP contribution < -0.4 is 19.1 Å². The van der Waals surface area contributed by atoms with Crippen molar-refractivity contribution in [1.29, 1.82) is 0 Å². The first kappa shape index (κ1) is 23.7. The van der Waals surface area contributed by atoms with E-state index in [1.54, 1.807) is 0 Å². The second-order valence-corrected chi connectivity index (χ2v) is 7.91. The van der Waals surface area contributed by atoms with Crippen molar-refractivity contribution in [2.45, 2.75) is 6.36 Å². The number of carbonyl (C=O) groups is 1. The van der Waals surface area contributed by atoms with Gasteiger partial charge in [0.1, 0.15) is 23.7 Å². The molecular formula is C17H16F3N3O7S. The molecule has 0 spiro atoms. The molecule has 2 rings (SSSR count). The molecule has 0 aliphatic heterocycles. The molecule has 0 bridgehead atoms. The van der Waals surface area contributed by atoms with Crippen LogP contribution in [0.5, 0.6) is 11.5 Å². The molecule has 0 atom stereocenters. The van der Waals surface area contributed by atoms with Crippen LogP contribution in [0.2, 0.25) is 0 Å². The van der Waals surface area contributed by atoms with E-state index in [-0.39, 0.29) is 17.1 Å². The van der Waals surface area contributed by atoms with Crippen molar-refractivity contribution in [3.05, 3.63) is 52.6 Å². The van der Waals surface area contributed by atoms with Crippen LogP contribution in [0, 0.1) is 10.1 Å². The average molecular weight is 463 g/mol. The van der Waals surface area contributed by atoms with Crippen LogP contribution in [-0.4, -0.2) is 45.5 Å². The number of rotatable bonds is 8. The van der Waals surface area contributed by atoms with E-state index in [0.29, 0.717) is 4.31 Å². The van der Waals surface area contributed by atoms with Crippen LogP contribution in [0.4, 0.5) is 30.2 Å². The predicted octanol–water partition coefficient (Wildman–Crippen LogP) is 2.91. The first-order valence-corrected chi connectivity index (χ1v) is 10.1. The van der Waals surface area contributed by atoms with Gasteiger partial charge in [0, 0.05) is 17.8 Å². The molecule has 14 heteroatoms. The monoisotopic (exact) mass is 463 g/mol. The van der Waals surface area contributed by atoms with E-state index < -0.39 is 45.2 Å². The Morgan fingerprint density at radius 1 is 1.19 bits per heavy atom. The third-order valence-corrected chi connectivity index (χ3v) is 4.83. The molecule has 0 fully saturated rings. The molecule has 31 heavy (non-hydrogen) atoms. The highest BCUT2D eigenvalue weighted by Gasteiger charge is 2.31. The summed E-state index contributed by atoms with van der Waals surface area (Å²) in [7, 11) is -2.86. The van der Waals surface area contributed by atoms with Crippen LogP contribution >= 0.6 is 0 Å². The standard InChI is InChI=1S/C17H16F3N3O7S/c1-29-15-8-5-12(23(25)26)9-14(15)22(31(2,27)28)10-16(24)21-11-3-6-13(7-4-11)30-17(18,19)20/h3-9H,10H2,1-2H3,(H,21,24). The summed E-state index contributed by atoms with van der Waals surface area (Å²) in [5.74, 6) is -1.40. The summed E-state index contributed by atoms with van der Waals surface area (Å²) in [6.07, 6.45) is -4.08. The number of nitro benzene ring substituents is 1. The minimum absolute atomic E-state index is 0.0301. The van der Waals surface area contributed by atoms with Crippen LogP contribution in [0.15, 0.2) is 42.5 Å². The lowest BCUT2D eigenvalue weighted by Crippen LogP contribution is -2.37. The molecule has 0 radical (unpaired) electrons. The molecule has 0 heterocycles. The first-order valence-electron chi connectivity index (χ1n) is 8.26. The van der Waals surface area contributed by atoms with Gasteiger partial charge in [0.25, 0.3) is 5.69 Å². The zero-order valence-electron chi connectivity index (χ0n) is 16.0. The fraction of sp³-hybridized carbons (Fsp3) is 0.235. The lowest BCUT2D eigenvalue weighted by molar-refractivity contribution is -0.384. The molecule has 0 aromatic heterocycles. The maximum Gasteiger partial charge on any atom is 0.573 e. The Balaban J connectivity index is 2.25. The van der Waals surface area contributed by atoms with Crippen LogP contribution in [0.3, 0.4) is 0 Å². The summed E-state index contributed by atoms with van der Waals surface area (Å²) in [4.78, 5) is 22.7. The van der Waals surface area contributed by atoms with Crippen molar-refractivity contribution in [2.75, 3.05) is 29.5 Å². The van der Waals surface area contributed by atoms with Crippen molar-refractivity contribution in [1.82, 2.24) is 0 Å². The summed E-state index contributed by atoms with van der Waals surface area (Å²) < 4.78 is 70.5. The maximum atomic E-state index is 12.4. The largest absolute Gasteiger partial charge is 0.573 e. The van der Waals surface area contributed by atoms with Gasteiger partial charge in [0.2, 0.25) is 15.9 Å². The van der Waals surface area contributed by atoms with Gasteiger partial charge in [-0.15, -0.1) is 13.2 Å². The van der Waals surface area contributed by atoms with Gasteiger partial charge in [-0.1, -0.05) is 0 Å². The van der Waals surface area contributed by atoms with Crippen molar-refractivity contribution in [3.8, 4) is 11.5 Å². The minimum atomic E-state index is -4.88. The van der Waals surface area contributed by atoms with Crippen LogP contribution in [0.25, 0.3) is 0 Å². The first-order chi connectivity index (χ1) is 14.3. The number of sulfonamides is 1. The number of amides is 1. The zero-order chi connectivity index (χ0) is 23.4. The molecule has 10 nitrogen and oxygen atoms in total. The number of hydrogen-bond acceptors (Lipinski definition) is 7. The fourth-order valence-electron chi connectivity index (χ4n) is 2.44. The Bertz CT molecular complexity index is 1070. The molecule has 0 aliphatic rings. The third kappa shape index (κ3) is 6.74. The van der Waals surface area contributed by atoms with Crippen molar-refractivity contribution in [2.24, 2.45) is 0 Å². The van der Waals surface area contributed by atoms with Gasteiger partial charge in [-0.3, -0.25) is 19.2 Å². The Hall–Kier alpha value is -3.55. The van der Waals surface area contributed by atoms with Crippen LogP contribution in [0.1, 0.15) is 0 Å². The van der Waals surface area contributed by atoms with Gasteiger partial charge in [0.15, 0.2) is 0 Å². The average Bonchev–Trinajstić information content (AvgIpc) is 2.65. The highest BCUT2D eigenvalue weighted by molar-refractivity contribution is 7.92. The van der Waals surface area contributed by atoms with E-state index in [2.05, 4.69) is 10.1 Å². The minimum Gasteiger partial charge on any atom is -0.495 e. The number of nitrogens with zero attached hydrogens (tertiary/aromatic N) is 2. The molecule has 2 aromatic carbocycles. The lowest BCUT2D eigenvalue weighted by atomic mass is 10.2. The van der Waals surface area contributed by atoms with Crippen molar-refractivity contribution >= 4 is 33.0 Å². The number of non-ortho nitro benzene ring substituents is 1. The molecule has 1 amide bonds. The fourth-order valence-corrected chi connectivity index (χ4v) is 3.29. The third-order valence-electron chi connectivity index (χ3n) is 3.70. The van der Waals surface area contributed by atoms with Gasteiger partial charge in [0.05, 0.1) is 18.3 Å². The zero-order valence-corrected chi connectivity index (χ0v) is 16.9. The van der Waals surface area contributed by atoms with Gasteiger partial charge in [-0.05, 0) is 30.3 Å². The van der Waals surface area contributed by atoms with Crippen LogP contribution in [-0.2, 0) is 14.8 Å². The molecule has 1 N–H and O–H groups in total. The lowest BCUT2D eigenvalue weighted by Gasteiger charge is -2.23. The van der Waals surface area contributed by atoms with E-state index in [1.807, 2.05) is 0 Å². The molecule has 0 saturated heterocycles. The Kier molecular flexibility index (Phi) is 6.95. The summed E-state index contributed by atoms with van der Waals surface area (Å²) in [6.45, 7) is -0.781. The number of carbonyl (C=O) groups excluding carboxylic acids is 1. The Morgan fingerprint density at radius 2 is 1.81 bits per heavy atom. The van der Waals surface area contributed by atoms with E-state index in [4.69, 9.17) is 4.74 Å². The predicted molar refractivity (Wildman–Crippen MR) is 104 cm³/mol. The second kappa shape index (κ2) is 9.07. The molecule has 2 aromatic rings. The molecule has 168 valence electrons. The molecule has 0 unspecified atom stereocenters. The number of ether oxygens (including phenoxy) is 2. The van der Waals surface area contributed by atoms with E-state index in [1.165, 1.54) is 13.2 Å². The number of hydrogen-bond donors (Lipinski definition) is 1. The summed E-state index contributed by atoms with van der Waals surface area (Å²) in [5, 5.41) is 13.4. The number of alkyl halides is 3. The number of anilines is 2. The number of nitrogens with one attached hydrogen (secondary N) is 1. The van der Waals surface area contributed by atoms with Crippen molar-refractivity contribution in [3.63, 3.8) is 0 Å². The van der Waals surface area contributed by atoms with E-state index in [0.717, 1.165) is 42.7 Å². The quantitative estimate of drug-likeness (QED) is 0.471. The van der Waals surface area contributed by atoms with Gasteiger partial charge in [-0.25, -0.2) is 8.42 Å². The summed E-state index contributed by atoms with van der Waals surface area (Å²) >= 11 is 0.